The number of quaternary nitrogens is 1. The molecular formula is C15H21BrN3O2S2+. The third kappa shape index (κ3) is 4.43. The molecule has 0 saturated carbocycles. The van der Waals surface area contributed by atoms with Gasteiger partial charge in [-0.2, -0.15) is 0 Å². The topological polar surface area (TPSA) is 53.9 Å². The Morgan fingerprint density at radius 3 is 2.70 bits per heavy atom. The van der Waals surface area contributed by atoms with Gasteiger partial charge in [0.15, 0.2) is 14.9 Å². The molecule has 2 saturated heterocycles. The summed E-state index contributed by atoms with van der Waals surface area (Å²) in [6.07, 6.45) is 0.804. The zero-order valence-corrected chi connectivity index (χ0v) is 16.0. The van der Waals surface area contributed by atoms with Gasteiger partial charge in [0.25, 0.3) is 0 Å². The van der Waals surface area contributed by atoms with Gasteiger partial charge in [-0.1, -0.05) is 22.0 Å². The second kappa shape index (κ2) is 7.04. The van der Waals surface area contributed by atoms with Crippen LogP contribution in [0.5, 0.6) is 0 Å². The maximum Gasteiger partial charge on any atom is 0.173 e. The number of anilines is 1. The summed E-state index contributed by atoms with van der Waals surface area (Å²) in [5, 5.41) is 4.01. The van der Waals surface area contributed by atoms with Crippen molar-refractivity contribution in [2.45, 2.75) is 12.5 Å². The van der Waals surface area contributed by atoms with Crippen LogP contribution in [0.3, 0.4) is 0 Å². The van der Waals surface area contributed by atoms with Crippen molar-refractivity contribution in [3.05, 3.63) is 28.7 Å². The number of nitrogens with zero attached hydrogens (tertiary/aromatic N) is 1. The monoisotopic (exact) mass is 418 g/mol. The fourth-order valence-electron chi connectivity index (χ4n) is 3.29. The standard InChI is InChI=1S/C15H20BrN3O2S2/c16-12-2-1-3-13(10-12)17-15(22)19-7-5-18(6-8-19)14-4-9-23(20,21)11-14/h1-3,10,14H,4-9,11H2,(H,17,22)/p+1/t14-/m1/s1. The molecule has 2 heterocycles. The van der Waals surface area contributed by atoms with Crippen LogP contribution in [0.1, 0.15) is 6.42 Å². The second-order valence-electron chi connectivity index (χ2n) is 6.19. The van der Waals surface area contributed by atoms with Gasteiger partial charge in [-0.05, 0) is 30.4 Å². The van der Waals surface area contributed by atoms with Crippen molar-refractivity contribution in [2.75, 3.05) is 43.0 Å². The highest BCUT2D eigenvalue weighted by atomic mass is 79.9. The average Bonchev–Trinajstić information content (AvgIpc) is 2.87. The lowest BCUT2D eigenvalue weighted by molar-refractivity contribution is -0.925. The number of halogens is 1. The highest BCUT2D eigenvalue weighted by Gasteiger charge is 2.37. The van der Waals surface area contributed by atoms with Crippen LogP contribution >= 0.6 is 28.1 Å². The first-order valence-corrected chi connectivity index (χ1v) is 10.8. The Kier molecular flexibility index (Phi) is 5.25. The van der Waals surface area contributed by atoms with Gasteiger partial charge in [0, 0.05) is 16.6 Å². The SMILES string of the molecule is O=S1(=O)CC[C@@H]([NH+]2CCN(C(=S)Nc3cccc(Br)c3)CC2)C1. The maximum atomic E-state index is 11.6. The highest BCUT2D eigenvalue weighted by molar-refractivity contribution is 9.10. The molecule has 1 atom stereocenters. The minimum Gasteiger partial charge on any atom is -0.338 e. The molecule has 0 spiro atoms. The Morgan fingerprint density at radius 2 is 2.09 bits per heavy atom. The lowest BCUT2D eigenvalue weighted by Crippen LogP contribution is -3.18. The summed E-state index contributed by atoms with van der Waals surface area (Å²) >= 11 is 8.96. The zero-order chi connectivity index (χ0) is 16.4. The number of piperazine rings is 1. The predicted octanol–water partition coefficient (Wildman–Crippen LogP) is 0.534. The minimum absolute atomic E-state index is 0.272. The number of hydrogen-bond acceptors (Lipinski definition) is 3. The Labute approximate surface area is 151 Å². The Balaban J connectivity index is 1.51. The molecule has 0 aromatic heterocycles. The fourth-order valence-corrected chi connectivity index (χ4v) is 5.82. The van der Waals surface area contributed by atoms with E-state index in [4.69, 9.17) is 12.2 Å². The normalized spacial score (nSPS) is 24.6. The van der Waals surface area contributed by atoms with Crippen molar-refractivity contribution < 1.29 is 13.3 Å². The molecule has 5 nitrogen and oxygen atoms in total. The van der Waals surface area contributed by atoms with E-state index in [0.717, 1.165) is 47.9 Å². The lowest BCUT2D eigenvalue weighted by atomic mass is 10.2. The summed E-state index contributed by atoms with van der Waals surface area (Å²) in [6.45, 7) is 3.62. The number of sulfone groups is 1. The molecule has 2 aliphatic rings. The van der Waals surface area contributed by atoms with Crippen LogP contribution in [0.25, 0.3) is 0 Å². The summed E-state index contributed by atoms with van der Waals surface area (Å²) in [4.78, 5) is 3.58. The van der Waals surface area contributed by atoms with Gasteiger partial charge in [0.1, 0.15) is 11.8 Å². The van der Waals surface area contributed by atoms with Crippen molar-refractivity contribution >= 4 is 48.8 Å². The first-order valence-electron chi connectivity index (χ1n) is 7.79. The first kappa shape index (κ1) is 17.1. The molecule has 0 bridgehead atoms. The van der Waals surface area contributed by atoms with E-state index in [1.54, 1.807) is 0 Å². The Bertz CT molecular complexity index is 688. The van der Waals surface area contributed by atoms with Crippen molar-refractivity contribution in [2.24, 2.45) is 0 Å². The van der Waals surface area contributed by atoms with E-state index in [2.05, 4.69) is 26.1 Å². The molecule has 2 N–H and O–H groups in total. The van der Waals surface area contributed by atoms with Crippen molar-refractivity contribution in [1.29, 1.82) is 0 Å². The van der Waals surface area contributed by atoms with Gasteiger partial charge in [0.2, 0.25) is 0 Å². The summed E-state index contributed by atoms with van der Waals surface area (Å²) in [6, 6.07) is 8.21. The van der Waals surface area contributed by atoms with Crippen LogP contribution in [-0.4, -0.2) is 62.2 Å². The number of rotatable bonds is 2. The molecule has 0 radical (unpaired) electrons. The summed E-state index contributed by atoms with van der Waals surface area (Å²) in [7, 11) is -2.80. The molecule has 23 heavy (non-hydrogen) atoms. The van der Waals surface area contributed by atoms with Crippen molar-refractivity contribution in [3.63, 3.8) is 0 Å². The first-order chi connectivity index (χ1) is 10.9. The average molecular weight is 419 g/mol. The van der Waals surface area contributed by atoms with Crippen molar-refractivity contribution in [1.82, 2.24) is 4.90 Å². The molecule has 8 heteroatoms. The van der Waals surface area contributed by atoms with E-state index in [9.17, 15) is 8.42 Å². The summed E-state index contributed by atoms with van der Waals surface area (Å²) < 4.78 is 24.3. The lowest BCUT2D eigenvalue weighted by Gasteiger charge is -2.36. The van der Waals surface area contributed by atoms with Crippen molar-refractivity contribution in [3.8, 4) is 0 Å². The van der Waals surface area contributed by atoms with Gasteiger partial charge < -0.3 is 15.1 Å². The van der Waals surface area contributed by atoms with E-state index in [1.807, 2.05) is 24.3 Å². The van der Waals surface area contributed by atoms with Gasteiger partial charge in [-0.25, -0.2) is 8.42 Å². The molecule has 1 aromatic carbocycles. The molecule has 0 aliphatic carbocycles. The molecular weight excluding hydrogens is 398 g/mol. The van der Waals surface area contributed by atoms with Gasteiger partial charge in [-0.3, -0.25) is 0 Å². The van der Waals surface area contributed by atoms with Crippen LogP contribution in [0.15, 0.2) is 28.7 Å². The number of nitrogens with one attached hydrogen (secondary N) is 2. The van der Waals surface area contributed by atoms with E-state index in [-0.39, 0.29) is 6.04 Å². The predicted molar refractivity (Wildman–Crippen MR) is 99.7 cm³/mol. The number of benzene rings is 1. The Morgan fingerprint density at radius 1 is 1.35 bits per heavy atom. The Hall–Kier alpha value is -0.700. The third-order valence-corrected chi connectivity index (χ3v) is 7.20. The van der Waals surface area contributed by atoms with Gasteiger partial charge in [-0.15, -0.1) is 0 Å². The summed E-state index contributed by atoms with van der Waals surface area (Å²) in [5.74, 6) is 0.705. The summed E-state index contributed by atoms with van der Waals surface area (Å²) in [5.41, 5.74) is 0.973. The smallest absolute Gasteiger partial charge is 0.173 e. The number of hydrogen-bond donors (Lipinski definition) is 2. The van der Waals surface area contributed by atoms with Crippen LogP contribution < -0.4 is 10.2 Å². The maximum absolute atomic E-state index is 11.6. The minimum atomic E-state index is -2.80. The molecule has 3 rings (SSSR count). The quantitative estimate of drug-likeness (QED) is 0.686. The van der Waals surface area contributed by atoms with E-state index in [1.165, 1.54) is 4.90 Å². The van der Waals surface area contributed by atoms with Crippen LogP contribution in [0.2, 0.25) is 0 Å². The van der Waals surface area contributed by atoms with Gasteiger partial charge in [0.05, 0.1) is 31.9 Å². The van der Waals surface area contributed by atoms with Crippen LogP contribution in [0, 0.1) is 0 Å². The second-order valence-corrected chi connectivity index (χ2v) is 9.72. The molecule has 1 aromatic rings. The molecule has 2 fully saturated rings. The van der Waals surface area contributed by atoms with Crippen LogP contribution in [-0.2, 0) is 9.84 Å². The zero-order valence-electron chi connectivity index (χ0n) is 12.8. The van der Waals surface area contributed by atoms with E-state index < -0.39 is 9.84 Å². The fraction of sp³-hybridized carbons (Fsp3) is 0.533. The third-order valence-electron chi connectivity index (χ3n) is 4.58. The van der Waals surface area contributed by atoms with Crippen LogP contribution in [0.4, 0.5) is 5.69 Å². The molecule has 126 valence electrons. The van der Waals surface area contributed by atoms with Gasteiger partial charge >= 0.3 is 0 Å². The molecule has 2 aliphatic heterocycles. The van der Waals surface area contributed by atoms with E-state index in [0.29, 0.717) is 11.5 Å². The number of thiocarbonyl (C=S) groups is 1. The van der Waals surface area contributed by atoms with E-state index >= 15 is 0 Å². The molecule has 0 amide bonds. The highest BCUT2D eigenvalue weighted by Crippen LogP contribution is 2.16. The largest absolute Gasteiger partial charge is 0.338 e. The molecule has 0 unspecified atom stereocenters.